The second-order valence-corrected chi connectivity index (χ2v) is 29.4. The summed E-state index contributed by atoms with van der Waals surface area (Å²) >= 11 is 0. The Morgan fingerprint density at radius 3 is 1.00 bits per heavy atom. The molecule has 0 unspecified atom stereocenters. The van der Waals surface area contributed by atoms with Crippen molar-refractivity contribution in [3.05, 3.63) is 364 Å². The summed E-state index contributed by atoms with van der Waals surface area (Å²) in [4.78, 5) is 0. The largest absolute Gasteiger partial charge is 0.456 e. The van der Waals surface area contributed by atoms with Gasteiger partial charge in [-0.1, -0.05) is 279 Å². The quantitative estimate of drug-likeness (QED) is 0.155. The Balaban J connectivity index is 0.000000135. The summed E-state index contributed by atoms with van der Waals surface area (Å²) in [6.45, 7) is 0. The molecule has 504 valence electrons. The minimum atomic E-state index is -0.540. The molecule has 0 fully saturated rings. The number of hydrogen-bond acceptors (Lipinski definition) is 2. The average molecular weight is 1400 g/mol. The maximum atomic E-state index is 10.2. The monoisotopic (exact) mass is 1400 g/mol. The fraction of sp³-hybridized carbons (Fsp3) is 0. The van der Waals surface area contributed by atoms with E-state index in [4.69, 9.17) is 15.7 Å². The van der Waals surface area contributed by atoms with Gasteiger partial charge in [-0.05, 0) is 302 Å². The molecule has 2 heterocycles. The lowest BCUT2D eigenvalue weighted by atomic mass is 9.86. The van der Waals surface area contributed by atoms with Crippen molar-refractivity contribution in [2.24, 2.45) is 0 Å². The smallest absolute Gasteiger partial charge is 0.136 e. The van der Waals surface area contributed by atoms with Crippen molar-refractivity contribution in [1.82, 2.24) is 0 Å². The number of hydrogen-bond donors (Lipinski definition) is 0. The molecule has 0 aliphatic heterocycles. The van der Waals surface area contributed by atoms with Crippen molar-refractivity contribution in [2.75, 3.05) is 0 Å². The fourth-order valence-electron chi connectivity index (χ4n) is 18.5. The molecule has 2 nitrogen and oxygen atoms in total. The molecule has 2 heteroatoms. The van der Waals surface area contributed by atoms with Crippen LogP contribution >= 0.6 is 0 Å². The van der Waals surface area contributed by atoms with Crippen LogP contribution in [0.5, 0.6) is 0 Å². The van der Waals surface area contributed by atoms with Gasteiger partial charge in [-0.15, -0.1) is 0 Å². The third-order valence-electron chi connectivity index (χ3n) is 23.5. The zero-order valence-corrected chi connectivity index (χ0v) is 58.5. The van der Waals surface area contributed by atoms with Gasteiger partial charge in [0.05, 0.1) is 16.4 Å². The van der Waals surface area contributed by atoms with Crippen LogP contribution in [0.4, 0.5) is 0 Å². The van der Waals surface area contributed by atoms with Gasteiger partial charge in [0.25, 0.3) is 0 Å². The normalized spacial score (nSPS) is 13.9. The lowest BCUT2D eigenvalue weighted by Crippen LogP contribution is -1.91. The second kappa shape index (κ2) is 22.6. The van der Waals surface area contributed by atoms with E-state index in [-0.39, 0.29) is 86.6 Å². The van der Waals surface area contributed by atoms with E-state index in [2.05, 4.69) is 255 Å². The van der Waals surface area contributed by atoms with Crippen LogP contribution in [0.15, 0.2) is 373 Å². The maximum Gasteiger partial charge on any atom is 0.136 e. The molecule has 26 rings (SSSR count). The number of benzene rings is 24. The van der Waals surface area contributed by atoms with Gasteiger partial charge in [0, 0.05) is 21.5 Å². The minimum absolute atomic E-state index is 0.00721. The van der Waals surface area contributed by atoms with Crippen LogP contribution in [0, 0.1) is 0 Å². The van der Waals surface area contributed by atoms with E-state index in [1.54, 1.807) is 0 Å². The number of furan rings is 2. The lowest BCUT2D eigenvalue weighted by molar-refractivity contribution is 0.669. The molecule has 0 amide bonds. The van der Waals surface area contributed by atoms with Crippen LogP contribution in [0.3, 0.4) is 0 Å². The molecule has 0 radical (unpaired) electrons. The van der Waals surface area contributed by atoms with E-state index < -0.39 is 24.2 Å². The Bertz CT molecular complexity index is 8800. The average Bonchev–Trinajstić information content (AvgIpc) is 0.931. The van der Waals surface area contributed by atoms with E-state index in [9.17, 15) is 9.60 Å². The van der Waals surface area contributed by atoms with Crippen molar-refractivity contribution in [1.29, 1.82) is 0 Å². The molecule has 26 aromatic rings. The SMILES string of the molecule is [2H]c1c(-c2cc(-c3ccc4ccc5cccc6ccc3c4c56)cc(-c3ccc4ccc5cccc6ccc3c4c56)c2)c([2H])c2c(oc3c([2H])c4c([2H])c([2H])c([2H])c([2H])c4c([2H])c32)c1[2H].[2H]c1c(-c2ccc3oc4cc5ccccc5cc4c3c2)c([2H])c(-c2ccc3ccc4cccc5ccc2c3c45)c([2H])c1-c1ccc2ccc3cccc4ccc1c2c34. The standard InChI is InChI=1S/2C54H30O/c2*1-2-6-38-30-50-48(28-37(38)5-1)47-29-39(19-24-49(47)55-50)40-25-41(43-20-15-35-13-11-31-7-3-9-33-17-22-45(43)53(35)51(31)33)27-42(26-40)44-21-16-36-14-12-32-8-4-10-34-18-23-46(44)54(36)52(32)34/h2*1-30H/i1D,2D,5D,6D,19D,24D,28D,29D,30D;25D,26D,27D. The Kier molecular flexibility index (Phi) is 10.1. The summed E-state index contributed by atoms with van der Waals surface area (Å²) in [5.41, 5.74) is 9.39. The zero-order valence-electron chi connectivity index (χ0n) is 70.5. The van der Waals surface area contributed by atoms with Gasteiger partial charge in [0.1, 0.15) is 22.3 Å². The van der Waals surface area contributed by atoms with E-state index in [0.717, 1.165) is 179 Å². The van der Waals surface area contributed by atoms with Crippen LogP contribution in [0.2, 0.25) is 0 Å². The van der Waals surface area contributed by atoms with Gasteiger partial charge in [-0.3, -0.25) is 0 Å². The first-order valence-corrected chi connectivity index (χ1v) is 37.2. The first-order valence-electron chi connectivity index (χ1n) is 43.2. The summed E-state index contributed by atoms with van der Waals surface area (Å²) in [5, 5.41) is 30.9. The summed E-state index contributed by atoms with van der Waals surface area (Å²) < 4.78 is 124. The van der Waals surface area contributed by atoms with Crippen molar-refractivity contribution in [2.45, 2.75) is 0 Å². The third-order valence-corrected chi connectivity index (χ3v) is 23.5. The van der Waals surface area contributed by atoms with Crippen LogP contribution in [-0.2, 0) is 0 Å². The highest BCUT2D eigenvalue weighted by Gasteiger charge is 2.22. The number of rotatable bonds is 6. The van der Waals surface area contributed by atoms with Crippen molar-refractivity contribution in [3.63, 3.8) is 0 Å². The lowest BCUT2D eigenvalue weighted by Gasteiger charge is -2.18. The van der Waals surface area contributed by atoms with Crippen molar-refractivity contribution >= 4 is 195 Å². The molecule has 0 atom stereocenters. The number of fused-ring (bicyclic) bond motifs is 8. The Labute approximate surface area is 646 Å². The minimum Gasteiger partial charge on any atom is -0.456 e. The second-order valence-electron chi connectivity index (χ2n) is 29.4. The molecule has 0 aliphatic rings. The van der Waals surface area contributed by atoms with Gasteiger partial charge in [-0.2, -0.15) is 0 Å². The van der Waals surface area contributed by atoms with Gasteiger partial charge < -0.3 is 8.83 Å². The van der Waals surface area contributed by atoms with E-state index in [1.165, 1.54) is 21.5 Å². The summed E-state index contributed by atoms with van der Waals surface area (Å²) in [5.74, 6) is 0. The molecule has 0 aliphatic carbocycles. The maximum absolute atomic E-state index is 10.2. The Morgan fingerprint density at radius 1 is 0.164 bits per heavy atom. The highest BCUT2D eigenvalue weighted by atomic mass is 16.3. The summed E-state index contributed by atoms with van der Waals surface area (Å²) in [7, 11) is 0. The zero-order chi connectivity index (χ0) is 82.0. The van der Waals surface area contributed by atoms with Gasteiger partial charge >= 0.3 is 0 Å². The molecule has 2 aromatic heterocycles. The van der Waals surface area contributed by atoms with Crippen LogP contribution in [0.1, 0.15) is 16.4 Å². The molecular formula is C108H60O2. The molecule has 0 saturated heterocycles. The van der Waals surface area contributed by atoms with Gasteiger partial charge in [0.2, 0.25) is 0 Å². The molecule has 0 bridgehead atoms. The predicted molar refractivity (Wildman–Crippen MR) is 470 cm³/mol. The molecule has 0 saturated carbocycles. The molecular weight excluding hydrogens is 1330 g/mol. The highest BCUT2D eigenvalue weighted by Crippen LogP contribution is 2.49. The first-order chi connectivity index (χ1) is 59.5. The molecule has 24 aromatic carbocycles. The molecule has 0 spiro atoms. The first kappa shape index (κ1) is 49.4. The highest BCUT2D eigenvalue weighted by molar-refractivity contribution is 6.30. The van der Waals surface area contributed by atoms with Crippen LogP contribution in [-0.4, -0.2) is 0 Å². The van der Waals surface area contributed by atoms with Gasteiger partial charge in [-0.25, -0.2) is 0 Å². The Hall–Kier alpha value is -14.4. The van der Waals surface area contributed by atoms with E-state index >= 15 is 0 Å². The molecule has 110 heavy (non-hydrogen) atoms. The van der Waals surface area contributed by atoms with E-state index in [1.807, 2.05) is 36.4 Å². The fourth-order valence-corrected chi connectivity index (χ4v) is 18.5. The summed E-state index contributed by atoms with van der Waals surface area (Å²) in [6, 6.07) is 98.5. The van der Waals surface area contributed by atoms with Crippen LogP contribution < -0.4 is 0 Å². The predicted octanol–water partition coefficient (Wildman–Crippen LogP) is 31.1. The van der Waals surface area contributed by atoms with Gasteiger partial charge in [0.15, 0.2) is 0 Å². The topological polar surface area (TPSA) is 26.3 Å². The molecule has 0 N–H and O–H groups in total. The van der Waals surface area contributed by atoms with Crippen molar-refractivity contribution < 1.29 is 25.3 Å². The summed E-state index contributed by atoms with van der Waals surface area (Å²) in [6.07, 6.45) is 0. The van der Waals surface area contributed by atoms with Crippen molar-refractivity contribution in [3.8, 4) is 66.8 Å². The van der Waals surface area contributed by atoms with E-state index in [0.29, 0.717) is 22.3 Å². The Morgan fingerprint density at radius 2 is 0.527 bits per heavy atom. The third kappa shape index (κ3) is 8.81. The van der Waals surface area contributed by atoms with Crippen LogP contribution in [0.25, 0.3) is 261 Å².